The van der Waals surface area contributed by atoms with Crippen molar-refractivity contribution < 1.29 is 9.90 Å². The Balaban J connectivity index is 1.95. The number of aliphatic carboxylic acids is 1. The van der Waals surface area contributed by atoms with Crippen LogP contribution in [0.2, 0.25) is 0 Å². The van der Waals surface area contributed by atoms with E-state index in [1.165, 1.54) is 4.52 Å². The van der Waals surface area contributed by atoms with Gasteiger partial charge in [0.15, 0.2) is 5.65 Å². The lowest BCUT2D eigenvalue weighted by Gasteiger charge is -1.97. The van der Waals surface area contributed by atoms with E-state index in [4.69, 9.17) is 5.11 Å². The van der Waals surface area contributed by atoms with Crippen LogP contribution in [0.15, 0.2) is 23.4 Å². The average molecular weight is 314 g/mol. The first kappa shape index (κ1) is 13.0. The number of aromatic nitrogens is 6. The maximum absolute atomic E-state index is 10.7. The predicted molar refractivity (Wildman–Crippen MR) is 81.0 cm³/mol. The summed E-state index contributed by atoms with van der Waals surface area (Å²) < 4.78 is 1.48. The van der Waals surface area contributed by atoms with Gasteiger partial charge in [-0.25, -0.2) is 0 Å². The third kappa shape index (κ3) is 1.98. The van der Waals surface area contributed by atoms with Gasteiger partial charge in [-0.1, -0.05) is 23.4 Å². The molecule has 0 saturated carbocycles. The second-order valence-electron chi connectivity index (χ2n) is 4.86. The number of nitrogens with one attached hydrogen (secondary N) is 1. The summed E-state index contributed by atoms with van der Waals surface area (Å²) in [6, 6.07) is 6.02. The van der Waals surface area contributed by atoms with Crippen LogP contribution in [0.4, 0.5) is 0 Å². The highest BCUT2D eigenvalue weighted by Gasteiger charge is 2.14. The molecule has 110 valence electrons. The van der Waals surface area contributed by atoms with Crippen molar-refractivity contribution in [1.82, 2.24) is 29.8 Å². The molecular weight excluding hydrogens is 304 g/mol. The van der Waals surface area contributed by atoms with Crippen LogP contribution in [-0.4, -0.2) is 46.6 Å². The molecule has 3 heterocycles. The molecule has 9 heteroatoms. The van der Waals surface area contributed by atoms with E-state index in [1.807, 2.05) is 25.1 Å². The molecule has 0 spiro atoms. The van der Waals surface area contributed by atoms with Crippen LogP contribution in [0.25, 0.3) is 27.8 Å². The normalized spacial score (nSPS) is 11.7. The molecule has 0 aliphatic rings. The fourth-order valence-corrected chi connectivity index (χ4v) is 2.89. The van der Waals surface area contributed by atoms with E-state index in [2.05, 4.69) is 25.3 Å². The number of hydrogen-bond donors (Lipinski definition) is 2. The summed E-state index contributed by atoms with van der Waals surface area (Å²) in [6.45, 7) is 2.01. The highest BCUT2D eigenvalue weighted by atomic mass is 32.2. The summed E-state index contributed by atoms with van der Waals surface area (Å²) in [5, 5.41) is 22.6. The van der Waals surface area contributed by atoms with Gasteiger partial charge in [0.25, 0.3) is 5.78 Å². The molecule has 22 heavy (non-hydrogen) atoms. The van der Waals surface area contributed by atoms with Crippen LogP contribution in [0.5, 0.6) is 0 Å². The summed E-state index contributed by atoms with van der Waals surface area (Å²) in [7, 11) is 0. The number of benzene rings is 1. The minimum absolute atomic E-state index is 0.104. The quantitative estimate of drug-likeness (QED) is 0.553. The zero-order valence-corrected chi connectivity index (χ0v) is 12.3. The van der Waals surface area contributed by atoms with Crippen molar-refractivity contribution in [2.75, 3.05) is 5.75 Å². The van der Waals surface area contributed by atoms with Gasteiger partial charge < -0.3 is 10.1 Å². The summed E-state index contributed by atoms with van der Waals surface area (Å²) in [4.78, 5) is 18.3. The van der Waals surface area contributed by atoms with Crippen molar-refractivity contribution in [3.8, 4) is 0 Å². The van der Waals surface area contributed by atoms with Crippen molar-refractivity contribution >= 4 is 45.6 Å². The fraction of sp³-hybridized carbons (Fsp3) is 0.154. The predicted octanol–water partition coefficient (Wildman–Crippen LogP) is 1.64. The molecule has 0 saturated heterocycles. The lowest BCUT2D eigenvalue weighted by Crippen LogP contribution is -2.01. The molecule has 4 aromatic rings. The van der Waals surface area contributed by atoms with Crippen LogP contribution in [0, 0.1) is 6.92 Å². The van der Waals surface area contributed by atoms with Gasteiger partial charge in [0.1, 0.15) is 5.52 Å². The van der Waals surface area contributed by atoms with E-state index >= 15 is 0 Å². The number of nitrogens with zero attached hydrogens (tertiary/aromatic N) is 5. The fourth-order valence-electron chi connectivity index (χ4n) is 2.29. The smallest absolute Gasteiger partial charge is 0.313 e. The highest BCUT2D eigenvalue weighted by molar-refractivity contribution is 7.99. The molecule has 8 nitrogen and oxygen atoms in total. The van der Waals surface area contributed by atoms with Gasteiger partial charge in [0, 0.05) is 10.9 Å². The summed E-state index contributed by atoms with van der Waals surface area (Å²) in [6.07, 6.45) is 0. The average Bonchev–Trinajstić information content (AvgIpc) is 3.03. The van der Waals surface area contributed by atoms with Crippen molar-refractivity contribution in [3.63, 3.8) is 0 Å². The maximum Gasteiger partial charge on any atom is 0.313 e. The molecule has 0 radical (unpaired) electrons. The van der Waals surface area contributed by atoms with Gasteiger partial charge in [-0.05, 0) is 19.1 Å². The zero-order chi connectivity index (χ0) is 15.3. The number of rotatable bonds is 3. The Morgan fingerprint density at radius 2 is 2.27 bits per heavy atom. The highest BCUT2D eigenvalue weighted by Crippen LogP contribution is 2.24. The second kappa shape index (κ2) is 4.67. The minimum atomic E-state index is -0.918. The number of hydrogen-bond acceptors (Lipinski definition) is 6. The molecule has 0 aliphatic heterocycles. The molecule has 3 aromatic heterocycles. The SMILES string of the molecule is Cc1ccc2[nH]c3nc4nnc(SCC(=O)O)n4nc3c2c1. The summed E-state index contributed by atoms with van der Waals surface area (Å²) in [5.41, 5.74) is 3.42. The molecule has 4 rings (SSSR count). The molecular formula is C13H10N6O2S. The van der Waals surface area contributed by atoms with Crippen molar-refractivity contribution in [2.24, 2.45) is 0 Å². The summed E-state index contributed by atoms with van der Waals surface area (Å²) >= 11 is 1.06. The van der Waals surface area contributed by atoms with Gasteiger partial charge in [-0.2, -0.15) is 14.6 Å². The first-order valence-electron chi connectivity index (χ1n) is 6.48. The first-order chi connectivity index (χ1) is 10.6. The van der Waals surface area contributed by atoms with Crippen LogP contribution < -0.4 is 0 Å². The number of aryl methyl sites for hydroxylation is 1. The molecule has 0 atom stereocenters. The van der Waals surface area contributed by atoms with Gasteiger partial charge in [-0.15, -0.1) is 10.2 Å². The first-order valence-corrected chi connectivity index (χ1v) is 7.46. The Hall–Kier alpha value is -2.68. The summed E-state index contributed by atoms with van der Waals surface area (Å²) in [5.74, 6) is -0.685. The Bertz CT molecular complexity index is 1040. The van der Waals surface area contributed by atoms with Gasteiger partial charge in [0.05, 0.1) is 5.75 Å². The number of fused-ring (bicyclic) bond motifs is 4. The molecule has 0 amide bonds. The maximum atomic E-state index is 10.7. The van der Waals surface area contributed by atoms with Gasteiger partial charge in [0.2, 0.25) is 5.16 Å². The van der Waals surface area contributed by atoms with Crippen molar-refractivity contribution in [2.45, 2.75) is 12.1 Å². The van der Waals surface area contributed by atoms with Crippen molar-refractivity contribution in [1.29, 1.82) is 0 Å². The number of H-pyrrole nitrogens is 1. The zero-order valence-electron chi connectivity index (χ0n) is 11.4. The van der Waals surface area contributed by atoms with E-state index in [-0.39, 0.29) is 5.75 Å². The van der Waals surface area contributed by atoms with Gasteiger partial charge in [-0.3, -0.25) is 4.79 Å². The standard InChI is InChI=1S/C13H10N6O2S/c1-6-2-3-8-7(4-6)10-11(14-8)15-12-16-17-13(19(12)18-10)22-5-9(20)21/h2-4H,5H2,1H3,(H,20,21)(H,14,15,16). The molecule has 0 unspecified atom stereocenters. The number of carbonyl (C=O) groups is 1. The van der Waals surface area contributed by atoms with Crippen LogP contribution in [0.1, 0.15) is 5.56 Å². The molecule has 2 N–H and O–H groups in total. The lowest BCUT2D eigenvalue weighted by molar-refractivity contribution is -0.133. The minimum Gasteiger partial charge on any atom is -0.481 e. The van der Waals surface area contributed by atoms with E-state index in [0.29, 0.717) is 22.1 Å². The topological polar surface area (TPSA) is 109 Å². The van der Waals surface area contributed by atoms with Crippen molar-refractivity contribution in [3.05, 3.63) is 23.8 Å². The van der Waals surface area contributed by atoms with E-state index in [9.17, 15) is 4.79 Å². The molecule has 0 aliphatic carbocycles. The molecule has 0 bridgehead atoms. The number of carboxylic acid groups (broad SMARTS) is 1. The van der Waals surface area contributed by atoms with E-state index in [1.54, 1.807) is 0 Å². The Kier molecular flexibility index (Phi) is 2.76. The Morgan fingerprint density at radius 3 is 3.09 bits per heavy atom. The van der Waals surface area contributed by atoms with Crippen LogP contribution in [0.3, 0.4) is 0 Å². The van der Waals surface area contributed by atoms with Crippen LogP contribution in [-0.2, 0) is 4.79 Å². The lowest BCUT2D eigenvalue weighted by atomic mass is 10.2. The number of aromatic amines is 1. The van der Waals surface area contributed by atoms with E-state index < -0.39 is 5.97 Å². The second-order valence-corrected chi connectivity index (χ2v) is 5.80. The Labute approximate surface area is 127 Å². The number of thioether (sulfide) groups is 1. The Morgan fingerprint density at radius 1 is 1.41 bits per heavy atom. The van der Waals surface area contributed by atoms with Gasteiger partial charge >= 0.3 is 5.97 Å². The number of carboxylic acids is 1. The van der Waals surface area contributed by atoms with Crippen LogP contribution >= 0.6 is 11.8 Å². The van der Waals surface area contributed by atoms with E-state index in [0.717, 1.165) is 28.2 Å². The largest absolute Gasteiger partial charge is 0.481 e. The molecule has 1 aromatic carbocycles. The molecule has 0 fully saturated rings. The monoisotopic (exact) mass is 314 g/mol. The third-order valence-corrected chi connectivity index (χ3v) is 4.14. The third-order valence-electron chi connectivity index (χ3n) is 3.24.